The van der Waals surface area contributed by atoms with E-state index in [1.807, 2.05) is 44.2 Å². The quantitative estimate of drug-likeness (QED) is 0.845. The lowest BCUT2D eigenvalue weighted by molar-refractivity contribution is -0.137. The van der Waals surface area contributed by atoms with Crippen molar-refractivity contribution in [1.29, 1.82) is 0 Å². The van der Waals surface area contributed by atoms with Crippen molar-refractivity contribution >= 4 is 11.8 Å². The second-order valence-corrected chi connectivity index (χ2v) is 6.23. The van der Waals surface area contributed by atoms with Crippen LogP contribution in [-0.2, 0) is 14.3 Å². The maximum atomic E-state index is 12.4. The van der Waals surface area contributed by atoms with Gasteiger partial charge in [0.25, 0.3) is 0 Å². The Morgan fingerprint density at radius 2 is 1.83 bits per heavy atom. The zero-order valence-corrected chi connectivity index (χ0v) is 14.7. The molecule has 1 aromatic rings. The predicted octanol–water partition coefficient (Wildman–Crippen LogP) is 1.04. The van der Waals surface area contributed by atoms with E-state index in [0.717, 1.165) is 5.56 Å². The molecular formula is C18H27N3O3. The molecule has 6 nitrogen and oxygen atoms in total. The summed E-state index contributed by atoms with van der Waals surface area (Å²) in [6.45, 7) is 6.42. The highest BCUT2D eigenvalue weighted by Gasteiger charge is 2.24. The van der Waals surface area contributed by atoms with Crippen LogP contribution in [0.5, 0.6) is 0 Å². The Morgan fingerprint density at radius 1 is 1.21 bits per heavy atom. The molecule has 0 spiro atoms. The Labute approximate surface area is 143 Å². The first-order valence-electron chi connectivity index (χ1n) is 8.40. The summed E-state index contributed by atoms with van der Waals surface area (Å²) >= 11 is 0. The normalized spacial score (nSPS) is 17.4. The predicted molar refractivity (Wildman–Crippen MR) is 92.5 cm³/mol. The number of benzene rings is 1. The van der Waals surface area contributed by atoms with Gasteiger partial charge in [-0.2, -0.15) is 0 Å². The minimum Gasteiger partial charge on any atom is -0.378 e. The summed E-state index contributed by atoms with van der Waals surface area (Å²) in [6.07, 6.45) is 0. The van der Waals surface area contributed by atoms with Crippen molar-refractivity contribution in [2.45, 2.75) is 25.9 Å². The minimum absolute atomic E-state index is 0.0385. The SMILES string of the molecule is C[C@H](NC(=O)[C@@H](C)N(C)CC(=O)N1CCOCC1)c1ccccc1. The standard InChI is InChI=1S/C18H27N3O3/c1-14(16-7-5-4-6-8-16)19-18(23)15(2)20(3)13-17(22)21-9-11-24-12-10-21/h4-8,14-15H,9-13H2,1-3H3,(H,19,23)/t14-,15+/m0/s1. The van der Waals surface area contributed by atoms with E-state index in [1.165, 1.54) is 0 Å². The second-order valence-electron chi connectivity index (χ2n) is 6.23. The number of hydrogen-bond acceptors (Lipinski definition) is 4. The van der Waals surface area contributed by atoms with Crippen LogP contribution in [0.1, 0.15) is 25.5 Å². The molecule has 1 N–H and O–H groups in total. The highest BCUT2D eigenvalue weighted by Crippen LogP contribution is 2.12. The van der Waals surface area contributed by atoms with Crippen LogP contribution in [0.15, 0.2) is 30.3 Å². The number of carbonyl (C=O) groups is 2. The summed E-state index contributed by atoms with van der Waals surface area (Å²) in [5, 5.41) is 3.00. The molecule has 0 bridgehead atoms. The van der Waals surface area contributed by atoms with E-state index in [9.17, 15) is 9.59 Å². The van der Waals surface area contributed by atoms with Crippen molar-refractivity contribution < 1.29 is 14.3 Å². The summed E-state index contributed by atoms with van der Waals surface area (Å²) in [5.74, 6) is -0.0415. The zero-order chi connectivity index (χ0) is 17.5. The molecule has 2 atom stereocenters. The van der Waals surface area contributed by atoms with E-state index in [0.29, 0.717) is 26.3 Å². The average molecular weight is 333 g/mol. The highest BCUT2D eigenvalue weighted by molar-refractivity contribution is 5.83. The first-order valence-corrected chi connectivity index (χ1v) is 8.40. The van der Waals surface area contributed by atoms with Gasteiger partial charge in [-0.3, -0.25) is 14.5 Å². The molecule has 1 fully saturated rings. The number of nitrogens with zero attached hydrogens (tertiary/aromatic N) is 2. The Hall–Kier alpha value is -1.92. The third kappa shape index (κ3) is 5.04. The number of carbonyl (C=O) groups excluding carboxylic acids is 2. The third-order valence-electron chi connectivity index (χ3n) is 4.45. The zero-order valence-electron chi connectivity index (χ0n) is 14.7. The Balaban J connectivity index is 1.84. The molecule has 24 heavy (non-hydrogen) atoms. The van der Waals surface area contributed by atoms with Gasteiger partial charge in [0.2, 0.25) is 11.8 Å². The molecule has 1 aliphatic rings. The van der Waals surface area contributed by atoms with Gasteiger partial charge >= 0.3 is 0 Å². The van der Waals surface area contributed by atoms with Gasteiger partial charge in [-0.25, -0.2) is 0 Å². The highest BCUT2D eigenvalue weighted by atomic mass is 16.5. The summed E-state index contributed by atoms with van der Waals surface area (Å²) in [7, 11) is 1.80. The molecule has 1 heterocycles. The van der Waals surface area contributed by atoms with Crippen LogP contribution in [0, 0.1) is 0 Å². The lowest BCUT2D eigenvalue weighted by Crippen LogP contribution is -2.50. The Morgan fingerprint density at radius 3 is 2.46 bits per heavy atom. The van der Waals surface area contributed by atoms with Gasteiger partial charge in [0.15, 0.2) is 0 Å². The van der Waals surface area contributed by atoms with Crippen molar-refractivity contribution in [3.8, 4) is 0 Å². The summed E-state index contributed by atoms with van der Waals surface area (Å²) in [4.78, 5) is 28.3. The van der Waals surface area contributed by atoms with Crippen molar-refractivity contribution in [2.24, 2.45) is 0 Å². The molecule has 2 rings (SSSR count). The van der Waals surface area contributed by atoms with Crippen LogP contribution in [-0.4, -0.2) is 67.6 Å². The van der Waals surface area contributed by atoms with Crippen molar-refractivity contribution in [2.75, 3.05) is 39.9 Å². The Kier molecular flexibility index (Phi) is 6.75. The first-order chi connectivity index (χ1) is 11.5. The van der Waals surface area contributed by atoms with Gasteiger partial charge < -0.3 is 15.0 Å². The second kappa shape index (κ2) is 8.80. The molecule has 0 unspecified atom stereocenters. The lowest BCUT2D eigenvalue weighted by atomic mass is 10.1. The number of rotatable bonds is 6. The van der Waals surface area contributed by atoms with Gasteiger partial charge in [0.1, 0.15) is 0 Å². The lowest BCUT2D eigenvalue weighted by Gasteiger charge is -2.30. The van der Waals surface area contributed by atoms with Crippen LogP contribution in [0.2, 0.25) is 0 Å². The smallest absolute Gasteiger partial charge is 0.237 e. The largest absolute Gasteiger partial charge is 0.378 e. The van der Waals surface area contributed by atoms with E-state index >= 15 is 0 Å². The number of hydrogen-bond donors (Lipinski definition) is 1. The molecule has 1 aromatic carbocycles. The van der Waals surface area contributed by atoms with E-state index in [1.54, 1.807) is 16.8 Å². The van der Waals surface area contributed by atoms with E-state index in [2.05, 4.69) is 5.32 Å². The number of amides is 2. The Bertz CT molecular complexity index is 544. The molecule has 0 aliphatic carbocycles. The van der Waals surface area contributed by atoms with E-state index in [-0.39, 0.29) is 30.4 Å². The van der Waals surface area contributed by atoms with E-state index in [4.69, 9.17) is 4.74 Å². The van der Waals surface area contributed by atoms with Gasteiger partial charge in [0.05, 0.1) is 31.8 Å². The minimum atomic E-state index is -0.374. The molecule has 1 aliphatic heterocycles. The number of nitrogens with one attached hydrogen (secondary N) is 1. The van der Waals surface area contributed by atoms with Crippen LogP contribution in [0.3, 0.4) is 0 Å². The fraction of sp³-hybridized carbons (Fsp3) is 0.556. The van der Waals surface area contributed by atoms with Crippen molar-refractivity contribution in [1.82, 2.24) is 15.1 Å². The van der Waals surface area contributed by atoms with Gasteiger partial charge in [0, 0.05) is 13.1 Å². The maximum absolute atomic E-state index is 12.4. The maximum Gasteiger partial charge on any atom is 0.237 e. The summed E-state index contributed by atoms with van der Waals surface area (Å²) in [6, 6.07) is 9.39. The van der Waals surface area contributed by atoms with Gasteiger partial charge in [-0.15, -0.1) is 0 Å². The molecule has 2 amide bonds. The molecule has 0 saturated carbocycles. The molecule has 6 heteroatoms. The molecular weight excluding hydrogens is 306 g/mol. The van der Waals surface area contributed by atoms with E-state index < -0.39 is 0 Å². The molecule has 0 aromatic heterocycles. The van der Waals surface area contributed by atoms with Crippen LogP contribution < -0.4 is 5.32 Å². The van der Waals surface area contributed by atoms with Crippen molar-refractivity contribution in [3.63, 3.8) is 0 Å². The van der Waals surface area contributed by atoms with Gasteiger partial charge in [-0.1, -0.05) is 30.3 Å². The summed E-state index contributed by atoms with van der Waals surface area (Å²) in [5.41, 5.74) is 1.06. The summed E-state index contributed by atoms with van der Waals surface area (Å²) < 4.78 is 5.25. The average Bonchev–Trinajstić information content (AvgIpc) is 2.62. The molecule has 0 radical (unpaired) electrons. The number of likely N-dealkylation sites (N-methyl/N-ethyl adjacent to an activating group) is 1. The molecule has 1 saturated heterocycles. The van der Waals surface area contributed by atoms with Crippen molar-refractivity contribution in [3.05, 3.63) is 35.9 Å². The fourth-order valence-electron chi connectivity index (χ4n) is 2.62. The molecule has 132 valence electrons. The fourth-order valence-corrected chi connectivity index (χ4v) is 2.62. The van der Waals surface area contributed by atoms with Gasteiger partial charge in [-0.05, 0) is 26.5 Å². The number of morpholine rings is 1. The van der Waals surface area contributed by atoms with Crippen LogP contribution in [0.25, 0.3) is 0 Å². The third-order valence-corrected chi connectivity index (χ3v) is 4.45. The topological polar surface area (TPSA) is 61.9 Å². The first kappa shape index (κ1) is 18.4. The number of ether oxygens (including phenoxy) is 1. The van der Waals surface area contributed by atoms with Crippen LogP contribution in [0.4, 0.5) is 0 Å². The monoisotopic (exact) mass is 333 g/mol. The van der Waals surface area contributed by atoms with Crippen LogP contribution >= 0.6 is 0 Å².